The first-order chi connectivity index (χ1) is 10.7. The standard InChI is InChI=1S/C15H21N5O2/c1-3-18-7-9-19(10-8-18)15(21)12-11-20-13(16-12)5-6-14(17-20)22-4-2/h5-6,11H,3-4,7-10H2,1-2H3. The fourth-order valence-corrected chi connectivity index (χ4v) is 2.62. The maximum absolute atomic E-state index is 12.5. The number of rotatable bonds is 4. The van der Waals surface area contributed by atoms with E-state index in [4.69, 9.17) is 4.74 Å². The van der Waals surface area contributed by atoms with Crippen LogP contribution in [0.5, 0.6) is 5.88 Å². The zero-order valence-corrected chi connectivity index (χ0v) is 13.0. The van der Waals surface area contributed by atoms with Crippen LogP contribution in [0.25, 0.3) is 5.65 Å². The van der Waals surface area contributed by atoms with Crippen LogP contribution in [0.4, 0.5) is 0 Å². The molecule has 2 aromatic rings. The Hall–Kier alpha value is -2.15. The second-order valence-corrected chi connectivity index (χ2v) is 5.26. The zero-order chi connectivity index (χ0) is 15.5. The minimum Gasteiger partial charge on any atom is -0.477 e. The highest BCUT2D eigenvalue weighted by Gasteiger charge is 2.23. The molecule has 0 spiro atoms. The molecule has 2 aromatic heterocycles. The van der Waals surface area contributed by atoms with Crippen molar-refractivity contribution in [1.29, 1.82) is 0 Å². The predicted octanol–water partition coefficient (Wildman–Crippen LogP) is 0.906. The van der Waals surface area contributed by atoms with Gasteiger partial charge in [0.15, 0.2) is 5.65 Å². The molecule has 1 aliphatic rings. The molecule has 1 aliphatic heterocycles. The SMILES string of the molecule is CCOc1ccc2nc(C(=O)N3CCN(CC)CC3)cn2n1. The van der Waals surface area contributed by atoms with Crippen LogP contribution >= 0.6 is 0 Å². The van der Waals surface area contributed by atoms with E-state index in [1.54, 1.807) is 16.8 Å². The van der Waals surface area contributed by atoms with Crippen LogP contribution < -0.4 is 4.74 Å². The van der Waals surface area contributed by atoms with E-state index in [-0.39, 0.29) is 5.91 Å². The summed E-state index contributed by atoms with van der Waals surface area (Å²) in [6, 6.07) is 3.57. The van der Waals surface area contributed by atoms with Crippen LogP contribution in [0.1, 0.15) is 24.3 Å². The van der Waals surface area contributed by atoms with Gasteiger partial charge in [0, 0.05) is 32.2 Å². The van der Waals surface area contributed by atoms with E-state index < -0.39 is 0 Å². The lowest BCUT2D eigenvalue weighted by Gasteiger charge is -2.33. The monoisotopic (exact) mass is 303 g/mol. The Kier molecular flexibility index (Phi) is 4.24. The van der Waals surface area contributed by atoms with Gasteiger partial charge in [-0.15, -0.1) is 5.10 Å². The molecule has 3 rings (SSSR count). The average Bonchev–Trinajstić information content (AvgIpc) is 2.98. The maximum atomic E-state index is 12.5. The lowest BCUT2D eigenvalue weighted by molar-refractivity contribution is 0.0638. The van der Waals surface area contributed by atoms with Gasteiger partial charge in [-0.05, 0) is 19.5 Å². The van der Waals surface area contributed by atoms with Gasteiger partial charge in [-0.25, -0.2) is 9.50 Å². The lowest BCUT2D eigenvalue weighted by Crippen LogP contribution is -2.48. The fourth-order valence-electron chi connectivity index (χ4n) is 2.62. The summed E-state index contributed by atoms with van der Waals surface area (Å²) < 4.78 is 6.96. The normalized spacial score (nSPS) is 16.2. The first-order valence-electron chi connectivity index (χ1n) is 7.72. The second-order valence-electron chi connectivity index (χ2n) is 5.26. The van der Waals surface area contributed by atoms with Crippen molar-refractivity contribution in [2.45, 2.75) is 13.8 Å². The van der Waals surface area contributed by atoms with Crippen molar-refractivity contribution in [3.05, 3.63) is 24.0 Å². The van der Waals surface area contributed by atoms with Crippen molar-refractivity contribution in [2.24, 2.45) is 0 Å². The average molecular weight is 303 g/mol. The van der Waals surface area contributed by atoms with Gasteiger partial charge >= 0.3 is 0 Å². The molecule has 0 aliphatic carbocycles. The molecule has 22 heavy (non-hydrogen) atoms. The minimum absolute atomic E-state index is 0.0285. The fraction of sp³-hybridized carbons (Fsp3) is 0.533. The molecule has 0 radical (unpaired) electrons. The third-order valence-electron chi connectivity index (χ3n) is 3.91. The number of amides is 1. The number of carbonyl (C=O) groups is 1. The van der Waals surface area contributed by atoms with Gasteiger partial charge in [-0.3, -0.25) is 4.79 Å². The molecule has 7 heteroatoms. The molecule has 1 amide bonds. The molecule has 3 heterocycles. The third-order valence-corrected chi connectivity index (χ3v) is 3.91. The molecule has 1 saturated heterocycles. The number of piperazine rings is 1. The highest BCUT2D eigenvalue weighted by atomic mass is 16.5. The number of likely N-dealkylation sites (N-methyl/N-ethyl adjacent to an activating group) is 1. The summed E-state index contributed by atoms with van der Waals surface area (Å²) >= 11 is 0. The molecule has 0 aromatic carbocycles. The van der Waals surface area contributed by atoms with E-state index in [0.29, 0.717) is 23.8 Å². The summed E-state index contributed by atoms with van der Waals surface area (Å²) in [5.41, 5.74) is 1.09. The van der Waals surface area contributed by atoms with E-state index in [1.165, 1.54) is 0 Å². The van der Waals surface area contributed by atoms with Crippen LogP contribution in [-0.2, 0) is 0 Å². The zero-order valence-electron chi connectivity index (χ0n) is 13.0. The molecule has 118 valence electrons. The van der Waals surface area contributed by atoms with Crippen molar-refractivity contribution in [2.75, 3.05) is 39.3 Å². The minimum atomic E-state index is -0.0285. The third kappa shape index (κ3) is 2.89. The quantitative estimate of drug-likeness (QED) is 0.840. The number of aromatic nitrogens is 3. The van der Waals surface area contributed by atoms with E-state index in [2.05, 4.69) is 21.9 Å². The maximum Gasteiger partial charge on any atom is 0.274 e. The van der Waals surface area contributed by atoms with Crippen molar-refractivity contribution >= 4 is 11.6 Å². The van der Waals surface area contributed by atoms with E-state index in [0.717, 1.165) is 32.7 Å². The number of hydrogen-bond acceptors (Lipinski definition) is 5. The van der Waals surface area contributed by atoms with Crippen LogP contribution in [0.15, 0.2) is 18.3 Å². The summed E-state index contributed by atoms with van der Waals surface area (Å²) in [5, 5.41) is 4.29. The largest absolute Gasteiger partial charge is 0.477 e. The van der Waals surface area contributed by atoms with Crippen molar-refractivity contribution < 1.29 is 9.53 Å². The van der Waals surface area contributed by atoms with E-state index in [9.17, 15) is 4.79 Å². The summed E-state index contributed by atoms with van der Waals surface area (Å²) in [6.45, 7) is 8.97. The topological polar surface area (TPSA) is 63.0 Å². The second kappa shape index (κ2) is 6.31. The first kappa shape index (κ1) is 14.8. The van der Waals surface area contributed by atoms with Gasteiger partial charge in [-0.2, -0.15) is 0 Å². The number of imidazole rings is 1. The molecule has 0 bridgehead atoms. The molecule has 0 unspecified atom stereocenters. The molecular weight excluding hydrogens is 282 g/mol. The summed E-state index contributed by atoms with van der Waals surface area (Å²) in [7, 11) is 0. The van der Waals surface area contributed by atoms with Crippen LogP contribution in [0.3, 0.4) is 0 Å². The number of fused-ring (bicyclic) bond motifs is 1. The van der Waals surface area contributed by atoms with Crippen LogP contribution in [-0.4, -0.2) is 69.6 Å². The van der Waals surface area contributed by atoms with Crippen LogP contribution in [0, 0.1) is 0 Å². The Balaban J connectivity index is 1.76. The highest BCUT2D eigenvalue weighted by molar-refractivity contribution is 5.93. The molecule has 0 atom stereocenters. The summed E-state index contributed by atoms with van der Waals surface area (Å²) in [6.07, 6.45) is 1.67. The van der Waals surface area contributed by atoms with Gasteiger partial charge in [0.05, 0.1) is 12.8 Å². The van der Waals surface area contributed by atoms with Gasteiger partial charge in [0.2, 0.25) is 5.88 Å². The smallest absolute Gasteiger partial charge is 0.274 e. The molecule has 0 N–H and O–H groups in total. The van der Waals surface area contributed by atoms with Gasteiger partial charge in [-0.1, -0.05) is 6.92 Å². The number of carbonyl (C=O) groups excluding carboxylic acids is 1. The van der Waals surface area contributed by atoms with Gasteiger partial charge in [0.25, 0.3) is 5.91 Å². The molecule has 1 fully saturated rings. The van der Waals surface area contributed by atoms with Crippen molar-refractivity contribution in [1.82, 2.24) is 24.4 Å². The lowest BCUT2D eigenvalue weighted by atomic mass is 10.3. The van der Waals surface area contributed by atoms with Gasteiger partial charge < -0.3 is 14.5 Å². The molecule has 0 saturated carbocycles. The van der Waals surface area contributed by atoms with Crippen LogP contribution in [0.2, 0.25) is 0 Å². The Morgan fingerprint density at radius 3 is 2.68 bits per heavy atom. The molecular formula is C15H21N5O2. The molecule has 7 nitrogen and oxygen atoms in total. The van der Waals surface area contributed by atoms with Gasteiger partial charge in [0.1, 0.15) is 5.69 Å². The number of hydrogen-bond donors (Lipinski definition) is 0. The summed E-state index contributed by atoms with van der Waals surface area (Å²) in [4.78, 5) is 21.1. The van der Waals surface area contributed by atoms with Crippen molar-refractivity contribution in [3.8, 4) is 5.88 Å². The number of ether oxygens (including phenoxy) is 1. The van der Waals surface area contributed by atoms with Crippen molar-refractivity contribution in [3.63, 3.8) is 0 Å². The number of nitrogens with zero attached hydrogens (tertiary/aromatic N) is 5. The Morgan fingerprint density at radius 2 is 2.00 bits per heavy atom. The highest BCUT2D eigenvalue weighted by Crippen LogP contribution is 2.12. The predicted molar refractivity (Wildman–Crippen MR) is 82.2 cm³/mol. The first-order valence-corrected chi connectivity index (χ1v) is 7.72. The Labute approximate surface area is 129 Å². The van der Waals surface area contributed by atoms with E-state index in [1.807, 2.05) is 17.9 Å². The van der Waals surface area contributed by atoms with E-state index >= 15 is 0 Å². The Morgan fingerprint density at radius 1 is 1.23 bits per heavy atom. The Bertz CT molecular complexity index is 661. The summed E-state index contributed by atoms with van der Waals surface area (Å²) in [5.74, 6) is 0.502.